The highest BCUT2D eigenvalue weighted by Gasteiger charge is 2.34. The monoisotopic (exact) mass is 601 g/mol. The van der Waals surface area contributed by atoms with Gasteiger partial charge in [0.15, 0.2) is 0 Å². The standard InChI is InChI=1S/C30H33Cl2N3O4S/c1-2-28(30(37)33-25-13-9-10-14-25)34(20-22-11-5-3-6-12-22)29(36)21-35(26-18-23(31)17-24(32)19-26)40(38,39)27-15-7-4-8-16-27/h3-8,11-12,15-19,25,28H,2,9-10,13-14,20-21H2,1H3,(H,33,37)/t28-/m0/s1. The average molecular weight is 603 g/mol. The number of nitrogens with zero attached hydrogens (tertiary/aromatic N) is 2. The molecule has 1 fully saturated rings. The molecule has 40 heavy (non-hydrogen) atoms. The molecule has 10 heteroatoms. The van der Waals surface area contributed by atoms with Crippen molar-refractivity contribution in [2.45, 2.75) is 62.6 Å². The molecule has 0 saturated heterocycles. The maximum atomic E-state index is 14.1. The summed E-state index contributed by atoms with van der Waals surface area (Å²) in [6.45, 7) is 1.44. The lowest BCUT2D eigenvalue weighted by Crippen LogP contribution is -2.53. The molecule has 3 aromatic carbocycles. The van der Waals surface area contributed by atoms with Crippen molar-refractivity contribution in [3.05, 3.63) is 94.5 Å². The summed E-state index contributed by atoms with van der Waals surface area (Å²) in [7, 11) is -4.19. The molecule has 0 heterocycles. The molecule has 4 rings (SSSR count). The van der Waals surface area contributed by atoms with Crippen LogP contribution >= 0.6 is 23.2 Å². The second kappa shape index (κ2) is 13.5. The van der Waals surface area contributed by atoms with E-state index in [0.717, 1.165) is 35.6 Å². The fraction of sp³-hybridized carbons (Fsp3) is 0.333. The van der Waals surface area contributed by atoms with E-state index in [-0.39, 0.29) is 39.1 Å². The molecule has 1 aliphatic rings. The van der Waals surface area contributed by atoms with Gasteiger partial charge in [-0.3, -0.25) is 13.9 Å². The van der Waals surface area contributed by atoms with Crippen molar-refractivity contribution in [1.29, 1.82) is 0 Å². The maximum absolute atomic E-state index is 14.1. The Morgan fingerprint density at radius 3 is 2.08 bits per heavy atom. The van der Waals surface area contributed by atoms with Gasteiger partial charge in [-0.15, -0.1) is 0 Å². The van der Waals surface area contributed by atoms with Crippen molar-refractivity contribution >= 4 is 50.7 Å². The first-order valence-electron chi connectivity index (χ1n) is 13.4. The molecular weight excluding hydrogens is 569 g/mol. The minimum atomic E-state index is -4.19. The quantitative estimate of drug-likeness (QED) is 0.289. The summed E-state index contributed by atoms with van der Waals surface area (Å²) in [6.07, 6.45) is 4.30. The number of benzene rings is 3. The molecule has 0 bridgehead atoms. The van der Waals surface area contributed by atoms with Crippen molar-refractivity contribution in [2.75, 3.05) is 10.8 Å². The maximum Gasteiger partial charge on any atom is 0.264 e. The highest BCUT2D eigenvalue weighted by molar-refractivity contribution is 7.92. The van der Waals surface area contributed by atoms with Crippen LogP contribution in [0.15, 0.2) is 83.8 Å². The lowest BCUT2D eigenvalue weighted by atomic mass is 10.1. The number of hydrogen-bond donors (Lipinski definition) is 1. The SMILES string of the molecule is CC[C@@H](C(=O)NC1CCCC1)N(Cc1ccccc1)C(=O)CN(c1cc(Cl)cc(Cl)c1)S(=O)(=O)c1ccccc1. The van der Waals surface area contributed by atoms with Gasteiger partial charge < -0.3 is 10.2 Å². The Morgan fingerprint density at radius 2 is 1.50 bits per heavy atom. The van der Waals surface area contributed by atoms with E-state index in [9.17, 15) is 18.0 Å². The zero-order valence-electron chi connectivity index (χ0n) is 22.3. The third kappa shape index (κ3) is 7.36. The van der Waals surface area contributed by atoms with Gasteiger partial charge in [0.25, 0.3) is 10.0 Å². The normalized spacial score (nSPS) is 14.5. The van der Waals surface area contributed by atoms with Gasteiger partial charge in [-0.25, -0.2) is 8.42 Å². The molecule has 0 spiro atoms. The third-order valence-electron chi connectivity index (χ3n) is 7.03. The van der Waals surface area contributed by atoms with E-state index in [2.05, 4.69) is 5.32 Å². The predicted octanol–water partition coefficient (Wildman–Crippen LogP) is 6.05. The number of rotatable bonds is 11. The summed E-state index contributed by atoms with van der Waals surface area (Å²) in [5.41, 5.74) is 0.976. The Balaban J connectivity index is 1.72. The van der Waals surface area contributed by atoms with E-state index in [4.69, 9.17) is 23.2 Å². The number of nitrogens with one attached hydrogen (secondary N) is 1. The molecule has 7 nitrogen and oxygen atoms in total. The molecule has 3 aromatic rings. The van der Waals surface area contributed by atoms with Crippen molar-refractivity contribution in [3.63, 3.8) is 0 Å². The van der Waals surface area contributed by atoms with Crippen LogP contribution in [-0.4, -0.2) is 43.8 Å². The fourth-order valence-corrected chi connectivity index (χ4v) is 6.93. The van der Waals surface area contributed by atoms with Crippen LogP contribution in [0.4, 0.5) is 5.69 Å². The van der Waals surface area contributed by atoms with Crippen molar-refractivity contribution < 1.29 is 18.0 Å². The van der Waals surface area contributed by atoms with E-state index < -0.39 is 28.5 Å². The zero-order chi connectivity index (χ0) is 28.7. The summed E-state index contributed by atoms with van der Waals surface area (Å²) >= 11 is 12.5. The topological polar surface area (TPSA) is 86.8 Å². The molecule has 0 aliphatic heterocycles. The van der Waals surface area contributed by atoms with Gasteiger partial charge in [0.1, 0.15) is 12.6 Å². The zero-order valence-corrected chi connectivity index (χ0v) is 24.6. The van der Waals surface area contributed by atoms with Crippen LogP contribution < -0.4 is 9.62 Å². The molecule has 2 amide bonds. The van der Waals surface area contributed by atoms with Crippen LogP contribution in [0.2, 0.25) is 10.0 Å². The van der Waals surface area contributed by atoms with E-state index in [0.29, 0.717) is 6.42 Å². The number of carbonyl (C=O) groups is 2. The molecule has 1 N–H and O–H groups in total. The minimum absolute atomic E-state index is 0.0134. The molecule has 212 valence electrons. The molecule has 1 saturated carbocycles. The van der Waals surface area contributed by atoms with Gasteiger partial charge >= 0.3 is 0 Å². The summed E-state index contributed by atoms with van der Waals surface area (Å²) < 4.78 is 28.7. The van der Waals surface area contributed by atoms with Gasteiger partial charge in [0.05, 0.1) is 10.6 Å². The number of anilines is 1. The van der Waals surface area contributed by atoms with Gasteiger partial charge in [-0.1, -0.05) is 91.5 Å². The first-order chi connectivity index (χ1) is 19.2. The third-order valence-corrected chi connectivity index (χ3v) is 9.25. The molecule has 0 radical (unpaired) electrons. The van der Waals surface area contributed by atoms with Gasteiger partial charge in [0.2, 0.25) is 11.8 Å². The molecule has 1 atom stereocenters. The molecule has 1 aliphatic carbocycles. The number of sulfonamides is 1. The summed E-state index contributed by atoms with van der Waals surface area (Å²) in [5.74, 6) is -0.755. The minimum Gasteiger partial charge on any atom is -0.352 e. The van der Waals surface area contributed by atoms with Crippen molar-refractivity contribution in [2.24, 2.45) is 0 Å². The van der Waals surface area contributed by atoms with Crippen LogP contribution in [0.3, 0.4) is 0 Å². The highest BCUT2D eigenvalue weighted by Crippen LogP contribution is 2.30. The Hall–Kier alpha value is -3.07. The number of halogens is 2. The van der Waals surface area contributed by atoms with Crippen molar-refractivity contribution in [1.82, 2.24) is 10.2 Å². The Labute approximate surface area is 246 Å². The average Bonchev–Trinajstić information content (AvgIpc) is 3.45. The number of carbonyl (C=O) groups excluding carboxylic acids is 2. The van der Waals surface area contributed by atoms with E-state index in [1.54, 1.807) is 18.2 Å². The van der Waals surface area contributed by atoms with E-state index in [1.165, 1.54) is 35.2 Å². The second-order valence-electron chi connectivity index (χ2n) is 9.87. The smallest absolute Gasteiger partial charge is 0.264 e. The van der Waals surface area contributed by atoms with Crippen LogP contribution in [-0.2, 0) is 26.2 Å². The molecule has 0 aromatic heterocycles. The first kappa shape index (κ1) is 29.9. The van der Waals surface area contributed by atoms with Gasteiger partial charge in [-0.2, -0.15) is 0 Å². The van der Waals surface area contributed by atoms with Crippen LogP contribution in [0.5, 0.6) is 0 Å². The molecule has 0 unspecified atom stereocenters. The fourth-order valence-electron chi connectivity index (χ4n) is 5.00. The Bertz CT molecular complexity index is 1400. The van der Waals surface area contributed by atoms with Crippen LogP contribution in [0.25, 0.3) is 0 Å². The summed E-state index contributed by atoms with van der Waals surface area (Å²) in [5, 5.41) is 3.56. The summed E-state index contributed by atoms with van der Waals surface area (Å²) in [6, 6.07) is 20.9. The summed E-state index contributed by atoms with van der Waals surface area (Å²) in [4.78, 5) is 29.0. The molecular formula is C30H33Cl2N3O4S. The van der Waals surface area contributed by atoms with Crippen LogP contribution in [0.1, 0.15) is 44.6 Å². The van der Waals surface area contributed by atoms with Crippen LogP contribution in [0, 0.1) is 0 Å². The lowest BCUT2D eigenvalue weighted by molar-refractivity contribution is -0.140. The lowest BCUT2D eigenvalue weighted by Gasteiger charge is -2.33. The number of hydrogen-bond acceptors (Lipinski definition) is 4. The number of amides is 2. The Morgan fingerprint density at radius 1 is 0.925 bits per heavy atom. The second-order valence-corrected chi connectivity index (χ2v) is 12.6. The van der Waals surface area contributed by atoms with Crippen molar-refractivity contribution in [3.8, 4) is 0 Å². The van der Waals surface area contributed by atoms with E-state index in [1.807, 2.05) is 37.3 Å². The largest absolute Gasteiger partial charge is 0.352 e. The van der Waals surface area contributed by atoms with Gasteiger partial charge in [-0.05, 0) is 55.2 Å². The first-order valence-corrected chi connectivity index (χ1v) is 15.6. The highest BCUT2D eigenvalue weighted by atomic mass is 35.5. The Kier molecular flexibility index (Phi) is 10.1. The van der Waals surface area contributed by atoms with E-state index >= 15 is 0 Å². The van der Waals surface area contributed by atoms with Gasteiger partial charge in [0, 0.05) is 22.6 Å². The predicted molar refractivity (Wildman–Crippen MR) is 159 cm³/mol.